The van der Waals surface area contributed by atoms with Crippen LogP contribution in [0.2, 0.25) is 0 Å². The van der Waals surface area contributed by atoms with Crippen LogP contribution in [0.15, 0.2) is 53.7 Å². The van der Waals surface area contributed by atoms with Gasteiger partial charge in [0.1, 0.15) is 22.2 Å². The van der Waals surface area contributed by atoms with Crippen molar-refractivity contribution in [1.82, 2.24) is 24.7 Å². The highest BCUT2D eigenvalue weighted by atomic mass is 32.2. The van der Waals surface area contributed by atoms with Crippen LogP contribution in [0.4, 0.5) is 5.82 Å². The first kappa shape index (κ1) is 21.5. The Kier molecular flexibility index (Phi) is 7.20. The molecule has 0 saturated heterocycles. The SMILES string of the molecule is CCOc1ccc(S(=O)(=O)NCCNc2ccc(-n3cccn3)nn2)c(OCC)c1. The summed E-state index contributed by atoms with van der Waals surface area (Å²) in [6, 6.07) is 9.97. The summed E-state index contributed by atoms with van der Waals surface area (Å²) in [6.07, 6.45) is 3.42. The topological polar surface area (TPSA) is 120 Å². The molecule has 1 aromatic carbocycles. The maximum Gasteiger partial charge on any atom is 0.244 e. The van der Waals surface area contributed by atoms with Crippen LogP contribution in [-0.2, 0) is 10.0 Å². The summed E-state index contributed by atoms with van der Waals surface area (Å²) in [6.45, 7) is 4.95. The predicted octanol–water partition coefficient (Wildman–Crippen LogP) is 1.85. The van der Waals surface area contributed by atoms with Crippen LogP contribution in [-0.4, -0.2) is 54.7 Å². The lowest BCUT2D eigenvalue weighted by Crippen LogP contribution is -2.29. The van der Waals surface area contributed by atoms with Crippen molar-refractivity contribution in [2.75, 3.05) is 31.6 Å². The van der Waals surface area contributed by atoms with Gasteiger partial charge in [0, 0.05) is 31.5 Å². The number of sulfonamides is 1. The maximum absolute atomic E-state index is 12.7. The van der Waals surface area contributed by atoms with Gasteiger partial charge in [0.05, 0.1) is 13.2 Å². The summed E-state index contributed by atoms with van der Waals surface area (Å²) in [4.78, 5) is 0.0659. The molecular formula is C19H24N6O4S. The van der Waals surface area contributed by atoms with Crippen molar-refractivity contribution in [3.05, 3.63) is 48.8 Å². The summed E-state index contributed by atoms with van der Waals surface area (Å²) in [5, 5.41) is 15.2. The monoisotopic (exact) mass is 432 g/mol. The minimum absolute atomic E-state index is 0.0659. The van der Waals surface area contributed by atoms with Gasteiger partial charge >= 0.3 is 0 Å². The van der Waals surface area contributed by atoms with Crippen LogP contribution in [0.1, 0.15) is 13.8 Å². The number of aromatic nitrogens is 4. The van der Waals surface area contributed by atoms with Crippen LogP contribution in [0.25, 0.3) is 5.82 Å². The average Bonchev–Trinajstić information content (AvgIpc) is 3.27. The average molecular weight is 433 g/mol. The first-order valence-electron chi connectivity index (χ1n) is 9.50. The highest BCUT2D eigenvalue weighted by Gasteiger charge is 2.20. The molecular weight excluding hydrogens is 408 g/mol. The molecule has 10 nitrogen and oxygen atoms in total. The zero-order valence-corrected chi connectivity index (χ0v) is 17.6. The summed E-state index contributed by atoms with van der Waals surface area (Å²) in [5.74, 6) is 1.93. The fourth-order valence-electron chi connectivity index (χ4n) is 2.63. The van der Waals surface area contributed by atoms with Crippen molar-refractivity contribution in [2.45, 2.75) is 18.7 Å². The Morgan fingerprint density at radius 3 is 2.53 bits per heavy atom. The molecule has 0 radical (unpaired) electrons. The molecule has 0 amide bonds. The van der Waals surface area contributed by atoms with Crippen molar-refractivity contribution in [3.8, 4) is 17.3 Å². The van der Waals surface area contributed by atoms with E-state index in [1.807, 2.05) is 6.92 Å². The Balaban J connectivity index is 1.57. The van der Waals surface area contributed by atoms with E-state index in [4.69, 9.17) is 9.47 Å². The first-order valence-corrected chi connectivity index (χ1v) is 11.0. The summed E-state index contributed by atoms with van der Waals surface area (Å²) in [7, 11) is -3.75. The second-order valence-electron chi connectivity index (χ2n) is 6.03. The fourth-order valence-corrected chi connectivity index (χ4v) is 3.79. The third-order valence-electron chi connectivity index (χ3n) is 3.93. The molecule has 0 aliphatic rings. The molecule has 11 heteroatoms. The lowest BCUT2D eigenvalue weighted by Gasteiger charge is -2.14. The van der Waals surface area contributed by atoms with E-state index >= 15 is 0 Å². The molecule has 2 aromatic heterocycles. The van der Waals surface area contributed by atoms with E-state index in [1.54, 1.807) is 54.3 Å². The van der Waals surface area contributed by atoms with Crippen LogP contribution >= 0.6 is 0 Å². The quantitative estimate of drug-likeness (QED) is 0.441. The Morgan fingerprint density at radius 1 is 1.03 bits per heavy atom. The van der Waals surface area contributed by atoms with Crippen LogP contribution < -0.4 is 19.5 Å². The maximum atomic E-state index is 12.7. The summed E-state index contributed by atoms with van der Waals surface area (Å²) < 4.78 is 40.4. The molecule has 0 bridgehead atoms. The number of anilines is 1. The zero-order valence-electron chi connectivity index (χ0n) is 16.8. The molecule has 0 aliphatic heterocycles. The fraction of sp³-hybridized carbons (Fsp3) is 0.316. The van der Waals surface area contributed by atoms with E-state index in [1.165, 1.54) is 6.07 Å². The highest BCUT2D eigenvalue weighted by Crippen LogP contribution is 2.28. The number of nitrogens with one attached hydrogen (secondary N) is 2. The Hall–Kier alpha value is -3.18. The highest BCUT2D eigenvalue weighted by molar-refractivity contribution is 7.89. The van der Waals surface area contributed by atoms with Gasteiger partial charge in [-0.15, -0.1) is 10.2 Å². The third kappa shape index (κ3) is 5.45. The minimum Gasteiger partial charge on any atom is -0.494 e. The first-order chi connectivity index (χ1) is 14.5. The predicted molar refractivity (Wildman–Crippen MR) is 112 cm³/mol. The van der Waals surface area contributed by atoms with Gasteiger partial charge in [0.25, 0.3) is 0 Å². The van der Waals surface area contributed by atoms with Gasteiger partial charge in [-0.25, -0.2) is 17.8 Å². The van der Waals surface area contributed by atoms with Gasteiger partial charge in [-0.3, -0.25) is 0 Å². The summed E-state index contributed by atoms with van der Waals surface area (Å²) in [5.41, 5.74) is 0. The number of hydrogen-bond donors (Lipinski definition) is 2. The van der Waals surface area contributed by atoms with Crippen LogP contribution in [0.5, 0.6) is 11.5 Å². The van der Waals surface area contributed by atoms with E-state index in [0.29, 0.717) is 37.1 Å². The molecule has 0 atom stereocenters. The van der Waals surface area contributed by atoms with E-state index in [2.05, 4.69) is 25.3 Å². The molecule has 160 valence electrons. The minimum atomic E-state index is -3.75. The second-order valence-corrected chi connectivity index (χ2v) is 7.76. The smallest absolute Gasteiger partial charge is 0.244 e. The second kappa shape index (κ2) is 10.0. The van der Waals surface area contributed by atoms with E-state index in [9.17, 15) is 8.42 Å². The molecule has 2 heterocycles. The zero-order chi connectivity index (χ0) is 21.4. The summed E-state index contributed by atoms with van der Waals surface area (Å²) >= 11 is 0. The number of hydrogen-bond acceptors (Lipinski definition) is 8. The Labute approximate surface area is 175 Å². The van der Waals surface area contributed by atoms with Crippen molar-refractivity contribution in [3.63, 3.8) is 0 Å². The normalized spacial score (nSPS) is 11.3. The molecule has 0 aliphatic carbocycles. The van der Waals surface area contributed by atoms with Gasteiger partial charge in [-0.05, 0) is 44.2 Å². The molecule has 0 fully saturated rings. The number of benzene rings is 1. The lowest BCUT2D eigenvalue weighted by atomic mass is 10.3. The number of nitrogens with zero attached hydrogens (tertiary/aromatic N) is 4. The van der Waals surface area contributed by atoms with Crippen molar-refractivity contribution in [2.24, 2.45) is 0 Å². The van der Waals surface area contributed by atoms with Crippen molar-refractivity contribution in [1.29, 1.82) is 0 Å². The molecule has 0 unspecified atom stereocenters. The Morgan fingerprint density at radius 2 is 1.87 bits per heavy atom. The Bertz CT molecular complexity index is 1040. The van der Waals surface area contributed by atoms with Gasteiger partial charge < -0.3 is 14.8 Å². The van der Waals surface area contributed by atoms with Crippen LogP contribution in [0.3, 0.4) is 0 Å². The molecule has 30 heavy (non-hydrogen) atoms. The molecule has 2 N–H and O–H groups in total. The lowest BCUT2D eigenvalue weighted by molar-refractivity contribution is 0.317. The van der Waals surface area contributed by atoms with Crippen molar-refractivity contribution < 1.29 is 17.9 Å². The molecule has 3 rings (SSSR count). The number of rotatable bonds is 11. The standard InChI is InChI=1S/C19H24N6O4S/c1-3-28-15-6-7-17(16(14-15)29-4-2)30(26,27)22-12-11-20-18-8-9-19(24-23-18)25-13-5-10-21-25/h5-10,13-14,22H,3-4,11-12H2,1-2H3,(H,20,23). The van der Waals surface area contributed by atoms with Gasteiger partial charge in [0.2, 0.25) is 10.0 Å². The molecule has 3 aromatic rings. The van der Waals surface area contributed by atoms with Gasteiger partial charge in [-0.1, -0.05) is 0 Å². The van der Waals surface area contributed by atoms with Gasteiger partial charge in [0.15, 0.2) is 5.82 Å². The van der Waals surface area contributed by atoms with Gasteiger partial charge in [-0.2, -0.15) is 5.10 Å². The largest absolute Gasteiger partial charge is 0.494 e. The molecule has 0 saturated carbocycles. The van der Waals surface area contributed by atoms with Crippen LogP contribution in [0, 0.1) is 0 Å². The van der Waals surface area contributed by atoms with Crippen molar-refractivity contribution >= 4 is 15.8 Å². The third-order valence-corrected chi connectivity index (χ3v) is 5.43. The van der Waals surface area contributed by atoms with E-state index in [0.717, 1.165) is 0 Å². The molecule has 0 spiro atoms. The van der Waals surface area contributed by atoms with E-state index in [-0.39, 0.29) is 17.2 Å². The number of ether oxygens (including phenoxy) is 2. The van der Waals surface area contributed by atoms with E-state index < -0.39 is 10.0 Å².